The Balaban J connectivity index is 1.98. The Bertz CT molecular complexity index is 360. The Morgan fingerprint density at radius 3 is 2.53 bits per heavy atom. The van der Waals surface area contributed by atoms with Crippen molar-refractivity contribution < 1.29 is 8.42 Å². The quantitative estimate of drug-likeness (QED) is 0.822. The predicted molar refractivity (Wildman–Crippen MR) is 70.5 cm³/mol. The van der Waals surface area contributed by atoms with Crippen molar-refractivity contribution in [2.45, 2.75) is 57.1 Å². The summed E-state index contributed by atoms with van der Waals surface area (Å²) >= 11 is 0. The lowest BCUT2D eigenvalue weighted by atomic mass is 9.90. The Hall–Kier alpha value is -0.0900. The van der Waals surface area contributed by atoms with Crippen LogP contribution in [0.25, 0.3) is 0 Å². The molecular weight excluding hydrogens is 234 g/mol. The molecule has 2 fully saturated rings. The van der Waals surface area contributed by atoms with Crippen LogP contribution in [0.1, 0.15) is 51.9 Å². The summed E-state index contributed by atoms with van der Waals surface area (Å²) in [4.78, 5) is 0. The minimum absolute atomic E-state index is 0.0638. The van der Waals surface area contributed by atoms with Gasteiger partial charge in [-0.25, -0.2) is 8.42 Å². The highest BCUT2D eigenvalue weighted by atomic mass is 32.2. The molecule has 2 aliphatic rings. The topological polar surface area (TPSA) is 60.2 Å². The molecule has 2 rings (SSSR count). The van der Waals surface area contributed by atoms with E-state index in [1.165, 1.54) is 6.42 Å². The molecule has 17 heavy (non-hydrogen) atoms. The second kappa shape index (κ2) is 4.88. The van der Waals surface area contributed by atoms with Crippen LogP contribution >= 0.6 is 0 Å². The van der Waals surface area contributed by atoms with Gasteiger partial charge in [-0.2, -0.15) is 0 Å². The van der Waals surface area contributed by atoms with Crippen molar-refractivity contribution in [1.29, 1.82) is 0 Å². The molecule has 0 aliphatic heterocycles. The van der Waals surface area contributed by atoms with E-state index in [9.17, 15) is 8.42 Å². The maximum Gasteiger partial charge on any atom is 0.153 e. The Kier molecular flexibility index (Phi) is 3.83. The fourth-order valence-electron chi connectivity index (χ4n) is 3.20. The zero-order chi connectivity index (χ0) is 12.5. The van der Waals surface area contributed by atoms with Crippen LogP contribution < -0.4 is 5.73 Å². The van der Waals surface area contributed by atoms with Gasteiger partial charge in [-0.3, -0.25) is 0 Å². The highest BCUT2D eigenvalue weighted by molar-refractivity contribution is 7.92. The van der Waals surface area contributed by atoms with Gasteiger partial charge in [-0.05, 0) is 50.0 Å². The van der Waals surface area contributed by atoms with E-state index >= 15 is 0 Å². The highest BCUT2D eigenvalue weighted by Gasteiger charge is 2.47. The second-order valence-corrected chi connectivity index (χ2v) is 8.52. The van der Waals surface area contributed by atoms with Gasteiger partial charge >= 0.3 is 0 Å². The van der Waals surface area contributed by atoms with E-state index in [0.29, 0.717) is 18.2 Å². The summed E-state index contributed by atoms with van der Waals surface area (Å²) in [6.07, 6.45) is 7.03. The van der Waals surface area contributed by atoms with E-state index in [0.717, 1.165) is 38.5 Å². The van der Waals surface area contributed by atoms with Crippen LogP contribution in [0.3, 0.4) is 0 Å². The monoisotopic (exact) mass is 259 g/mol. The molecule has 2 saturated carbocycles. The first-order valence-corrected chi connectivity index (χ1v) is 8.61. The smallest absolute Gasteiger partial charge is 0.153 e. The molecule has 2 N–H and O–H groups in total. The van der Waals surface area contributed by atoms with Crippen molar-refractivity contribution in [2.24, 2.45) is 17.1 Å². The van der Waals surface area contributed by atoms with Gasteiger partial charge < -0.3 is 5.73 Å². The van der Waals surface area contributed by atoms with Gasteiger partial charge in [0, 0.05) is 0 Å². The summed E-state index contributed by atoms with van der Waals surface area (Å²) < 4.78 is 24.8. The van der Waals surface area contributed by atoms with Crippen LogP contribution in [0.5, 0.6) is 0 Å². The third-order valence-corrected chi connectivity index (χ3v) is 6.99. The van der Waals surface area contributed by atoms with Gasteiger partial charge in [-0.15, -0.1) is 0 Å². The SMILES string of the molecule is CC1CCCC(S(=O)(=O)CC2(CCN)CC2)C1. The maximum absolute atomic E-state index is 12.4. The Morgan fingerprint density at radius 1 is 1.29 bits per heavy atom. The molecule has 0 aromatic rings. The normalized spacial score (nSPS) is 32.4. The Labute approximate surface area is 105 Å². The number of hydrogen-bond donors (Lipinski definition) is 1. The molecule has 2 aliphatic carbocycles. The van der Waals surface area contributed by atoms with Crippen molar-refractivity contribution in [2.75, 3.05) is 12.3 Å². The van der Waals surface area contributed by atoms with Crippen LogP contribution in [0.15, 0.2) is 0 Å². The van der Waals surface area contributed by atoms with Crippen LogP contribution in [0.2, 0.25) is 0 Å². The van der Waals surface area contributed by atoms with E-state index in [2.05, 4.69) is 6.92 Å². The molecule has 100 valence electrons. The van der Waals surface area contributed by atoms with Gasteiger partial charge in [0.05, 0.1) is 11.0 Å². The van der Waals surface area contributed by atoms with Gasteiger partial charge in [0.2, 0.25) is 0 Å². The van der Waals surface area contributed by atoms with Gasteiger partial charge in [0.25, 0.3) is 0 Å². The number of nitrogens with two attached hydrogens (primary N) is 1. The van der Waals surface area contributed by atoms with Gasteiger partial charge in [-0.1, -0.05) is 19.8 Å². The van der Waals surface area contributed by atoms with Crippen molar-refractivity contribution in [1.82, 2.24) is 0 Å². The number of hydrogen-bond acceptors (Lipinski definition) is 3. The lowest BCUT2D eigenvalue weighted by molar-refractivity contribution is 0.379. The molecule has 0 saturated heterocycles. The highest BCUT2D eigenvalue weighted by Crippen LogP contribution is 2.50. The summed E-state index contributed by atoms with van der Waals surface area (Å²) in [7, 11) is -2.89. The summed E-state index contributed by atoms with van der Waals surface area (Å²) in [5.41, 5.74) is 5.64. The first kappa shape index (κ1) is 13.3. The fraction of sp³-hybridized carbons (Fsp3) is 1.00. The minimum Gasteiger partial charge on any atom is -0.330 e. The summed E-state index contributed by atoms with van der Waals surface area (Å²) in [6.45, 7) is 2.80. The summed E-state index contributed by atoms with van der Waals surface area (Å²) in [6, 6.07) is 0. The average Bonchev–Trinajstić information content (AvgIpc) is 2.97. The Morgan fingerprint density at radius 2 is 2.00 bits per heavy atom. The van der Waals surface area contributed by atoms with Crippen LogP contribution in [0, 0.1) is 11.3 Å². The third-order valence-electron chi connectivity index (χ3n) is 4.54. The molecule has 4 heteroatoms. The molecule has 2 unspecified atom stereocenters. The van der Waals surface area contributed by atoms with Gasteiger partial charge in [0.1, 0.15) is 0 Å². The molecule has 3 nitrogen and oxygen atoms in total. The molecule has 0 spiro atoms. The van der Waals surface area contributed by atoms with Crippen LogP contribution in [0.4, 0.5) is 0 Å². The van der Waals surface area contributed by atoms with E-state index in [4.69, 9.17) is 5.73 Å². The molecular formula is C13H25NO2S. The molecule has 0 bridgehead atoms. The largest absolute Gasteiger partial charge is 0.330 e. The zero-order valence-corrected chi connectivity index (χ0v) is 11.6. The third kappa shape index (κ3) is 3.22. The molecule has 2 atom stereocenters. The summed E-state index contributed by atoms with van der Waals surface area (Å²) in [5.74, 6) is 0.974. The number of rotatable bonds is 5. The first-order chi connectivity index (χ1) is 7.97. The number of sulfone groups is 1. The second-order valence-electron chi connectivity index (χ2n) is 6.24. The molecule has 0 aromatic carbocycles. The lowest BCUT2D eigenvalue weighted by Gasteiger charge is -2.28. The van der Waals surface area contributed by atoms with E-state index < -0.39 is 9.84 Å². The molecule has 0 aromatic heterocycles. The maximum atomic E-state index is 12.4. The van der Waals surface area contributed by atoms with Crippen molar-refractivity contribution in [3.63, 3.8) is 0 Å². The van der Waals surface area contributed by atoms with Crippen molar-refractivity contribution in [3.8, 4) is 0 Å². The van der Waals surface area contributed by atoms with Gasteiger partial charge in [0.15, 0.2) is 9.84 Å². The minimum atomic E-state index is -2.89. The summed E-state index contributed by atoms with van der Waals surface area (Å²) in [5, 5.41) is -0.0681. The van der Waals surface area contributed by atoms with E-state index in [1.54, 1.807) is 0 Å². The van der Waals surface area contributed by atoms with Crippen molar-refractivity contribution >= 4 is 9.84 Å². The van der Waals surface area contributed by atoms with Crippen molar-refractivity contribution in [3.05, 3.63) is 0 Å². The molecule has 0 amide bonds. The molecule has 0 heterocycles. The first-order valence-electron chi connectivity index (χ1n) is 6.89. The fourth-order valence-corrected chi connectivity index (χ4v) is 5.87. The zero-order valence-electron chi connectivity index (χ0n) is 10.8. The predicted octanol–water partition coefficient (Wildman–Crippen LogP) is 2.11. The molecule has 0 radical (unpaired) electrons. The standard InChI is InChI=1S/C13H25NO2S/c1-11-3-2-4-12(9-11)17(15,16)10-13(5-6-13)7-8-14/h11-12H,2-10,14H2,1H3. The average molecular weight is 259 g/mol. The van der Waals surface area contributed by atoms with E-state index in [1.807, 2.05) is 0 Å². The van der Waals surface area contributed by atoms with E-state index in [-0.39, 0.29) is 10.7 Å². The van der Waals surface area contributed by atoms with Crippen LogP contribution in [-0.2, 0) is 9.84 Å². The lowest BCUT2D eigenvalue weighted by Crippen LogP contribution is -2.33. The van der Waals surface area contributed by atoms with Crippen LogP contribution in [-0.4, -0.2) is 26.0 Å².